The molecule has 0 bridgehead atoms. The van der Waals surface area contributed by atoms with Crippen LogP contribution in [0.15, 0.2) is 4.99 Å². The van der Waals surface area contributed by atoms with Crippen LogP contribution in [-0.2, 0) is 11.1 Å². The summed E-state index contributed by atoms with van der Waals surface area (Å²) in [5, 5.41) is -0.741. The van der Waals surface area contributed by atoms with E-state index in [-0.39, 0.29) is 5.96 Å². The number of hydrogen-bond donors (Lipinski definition) is 3. The molecule has 0 aliphatic rings. The summed E-state index contributed by atoms with van der Waals surface area (Å²) >= 11 is -1.98. The van der Waals surface area contributed by atoms with Gasteiger partial charge in [0.1, 0.15) is 0 Å². The summed E-state index contributed by atoms with van der Waals surface area (Å²) in [7, 11) is 0. The molecule has 0 saturated heterocycles. The number of rotatable bonds is 2. The van der Waals surface area contributed by atoms with Crippen molar-refractivity contribution in [3.8, 4) is 0 Å². The first-order chi connectivity index (χ1) is 4.04. The minimum atomic E-state index is -1.98. The zero-order valence-electron chi connectivity index (χ0n) is 4.94. The Morgan fingerprint density at radius 2 is 2.22 bits per heavy atom. The fraction of sp³-hybridized carbons (Fsp3) is 0.667. The largest absolute Gasteiger partial charge is 0.370 e. The molecule has 0 heterocycles. The van der Waals surface area contributed by atoms with Crippen molar-refractivity contribution in [2.45, 2.75) is 12.3 Å². The predicted molar refractivity (Wildman–Crippen MR) is 36.0 cm³/mol. The molecular weight excluding hydrogens is 142 g/mol. The van der Waals surface area contributed by atoms with Gasteiger partial charge >= 0.3 is 0 Å². The SMILES string of the molecule is CC(N=C(N)N)S(=O)O. The van der Waals surface area contributed by atoms with Gasteiger partial charge in [-0.05, 0) is 6.92 Å². The van der Waals surface area contributed by atoms with Crippen molar-refractivity contribution in [3.63, 3.8) is 0 Å². The van der Waals surface area contributed by atoms with Gasteiger partial charge in [-0.15, -0.1) is 0 Å². The van der Waals surface area contributed by atoms with E-state index < -0.39 is 16.5 Å². The molecule has 0 aliphatic heterocycles. The minimum Gasteiger partial charge on any atom is -0.370 e. The van der Waals surface area contributed by atoms with Crippen LogP contribution in [0, 0.1) is 0 Å². The van der Waals surface area contributed by atoms with Crippen molar-refractivity contribution in [3.05, 3.63) is 0 Å². The van der Waals surface area contributed by atoms with Crippen LogP contribution >= 0.6 is 0 Å². The normalized spacial score (nSPS) is 16.2. The molecule has 0 fully saturated rings. The standard InChI is InChI=1S/C3H9N3O2S/c1-2(9(7)8)6-3(4)5/h2H,1H3,(H,7,8)(H4,4,5,6). The Labute approximate surface area is 55.4 Å². The first kappa shape index (κ1) is 8.38. The first-order valence-corrected chi connectivity index (χ1v) is 3.39. The summed E-state index contributed by atoms with van der Waals surface area (Å²) in [6, 6.07) is 0. The summed E-state index contributed by atoms with van der Waals surface area (Å²) in [6.07, 6.45) is 0. The molecule has 0 radical (unpaired) electrons. The summed E-state index contributed by atoms with van der Waals surface area (Å²) < 4.78 is 18.5. The van der Waals surface area contributed by atoms with Gasteiger partial charge in [-0.25, -0.2) is 9.20 Å². The molecule has 0 aromatic carbocycles. The number of guanidine groups is 1. The maximum Gasteiger partial charge on any atom is 0.187 e. The summed E-state index contributed by atoms with van der Waals surface area (Å²) in [5.74, 6) is -0.176. The molecule has 2 atom stereocenters. The summed E-state index contributed by atoms with van der Waals surface area (Å²) in [6.45, 7) is 1.44. The minimum absolute atomic E-state index is 0.176. The Balaban J connectivity index is 3.91. The lowest BCUT2D eigenvalue weighted by Gasteiger charge is -1.98. The van der Waals surface area contributed by atoms with E-state index in [0.717, 1.165) is 0 Å². The average molecular weight is 151 g/mol. The predicted octanol–water partition coefficient (Wildman–Crippen LogP) is -1.17. The second kappa shape index (κ2) is 3.41. The van der Waals surface area contributed by atoms with E-state index in [1.807, 2.05) is 0 Å². The molecule has 0 aromatic rings. The Hall–Kier alpha value is -0.620. The van der Waals surface area contributed by atoms with E-state index in [4.69, 9.17) is 16.0 Å². The van der Waals surface area contributed by atoms with Gasteiger partial charge in [0, 0.05) is 0 Å². The van der Waals surface area contributed by atoms with Gasteiger partial charge in [-0.3, -0.25) is 0 Å². The first-order valence-electron chi connectivity index (χ1n) is 2.22. The van der Waals surface area contributed by atoms with Gasteiger partial charge < -0.3 is 16.0 Å². The van der Waals surface area contributed by atoms with Crippen LogP contribution in [0.1, 0.15) is 6.92 Å². The van der Waals surface area contributed by atoms with Crippen LogP contribution < -0.4 is 11.5 Å². The van der Waals surface area contributed by atoms with Gasteiger partial charge in [0.05, 0.1) is 0 Å². The van der Waals surface area contributed by atoms with E-state index >= 15 is 0 Å². The number of nitrogens with two attached hydrogens (primary N) is 2. The third kappa shape index (κ3) is 3.92. The number of nitrogens with zero attached hydrogens (tertiary/aromatic N) is 1. The monoisotopic (exact) mass is 151 g/mol. The van der Waals surface area contributed by atoms with Crippen LogP contribution in [0.2, 0.25) is 0 Å². The van der Waals surface area contributed by atoms with Gasteiger partial charge in [0.2, 0.25) is 0 Å². The van der Waals surface area contributed by atoms with Crippen molar-refractivity contribution in [1.29, 1.82) is 0 Å². The van der Waals surface area contributed by atoms with Crippen molar-refractivity contribution in [2.75, 3.05) is 0 Å². The lowest BCUT2D eigenvalue weighted by molar-refractivity contribution is 0.553. The second-order valence-electron chi connectivity index (χ2n) is 1.43. The molecule has 0 saturated carbocycles. The molecule has 54 valence electrons. The van der Waals surface area contributed by atoms with E-state index in [2.05, 4.69) is 4.99 Å². The second-order valence-corrected chi connectivity index (χ2v) is 2.66. The third-order valence-corrected chi connectivity index (χ3v) is 1.31. The molecule has 6 heteroatoms. The Morgan fingerprint density at radius 3 is 2.33 bits per heavy atom. The molecule has 0 amide bonds. The van der Waals surface area contributed by atoms with Gasteiger partial charge in [0.25, 0.3) is 0 Å². The lowest BCUT2D eigenvalue weighted by atomic mass is 10.8. The molecule has 0 rings (SSSR count). The number of hydrogen-bond acceptors (Lipinski definition) is 2. The van der Waals surface area contributed by atoms with Crippen LogP contribution in [-0.4, -0.2) is 20.1 Å². The van der Waals surface area contributed by atoms with Crippen LogP contribution in [0.3, 0.4) is 0 Å². The zero-order chi connectivity index (χ0) is 7.44. The molecule has 0 spiro atoms. The van der Waals surface area contributed by atoms with Crippen molar-refractivity contribution in [1.82, 2.24) is 0 Å². The lowest BCUT2D eigenvalue weighted by Crippen LogP contribution is -2.25. The van der Waals surface area contributed by atoms with Crippen molar-refractivity contribution < 1.29 is 8.76 Å². The molecule has 0 aliphatic carbocycles. The zero-order valence-corrected chi connectivity index (χ0v) is 5.76. The van der Waals surface area contributed by atoms with E-state index in [9.17, 15) is 4.21 Å². The van der Waals surface area contributed by atoms with Crippen molar-refractivity contribution in [2.24, 2.45) is 16.5 Å². The summed E-state index contributed by atoms with van der Waals surface area (Å²) in [4.78, 5) is 3.40. The maximum absolute atomic E-state index is 10.1. The highest BCUT2D eigenvalue weighted by molar-refractivity contribution is 7.79. The molecular formula is C3H9N3O2S. The van der Waals surface area contributed by atoms with Crippen LogP contribution in [0.4, 0.5) is 0 Å². The number of aliphatic imine (C=N–C) groups is 1. The fourth-order valence-corrected chi connectivity index (χ4v) is 0.467. The highest BCUT2D eigenvalue weighted by Gasteiger charge is 2.04. The van der Waals surface area contributed by atoms with E-state index in [0.29, 0.717) is 0 Å². The molecule has 9 heavy (non-hydrogen) atoms. The molecule has 5 N–H and O–H groups in total. The Kier molecular flexibility index (Phi) is 3.18. The van der Waals surface area contributed by atoms with Gasteiger partial charge in [-0.1, -0.05) is 0 Å². The Morgan fingerprint density at radius 1 is 1.78 bits per heavy atom. The smallest absolute Gasteiger partial charge is 0.187 e. The maximum atomic E-state index is 10.1. The van der Waals surface area contributed by atoms with E-state index in [1.54, 1.807) is 0 Å². The van der Waals surface area contributed by atoms with Crippen molar-refractivity contribution >= 4 is 17.0 Å². The van der Waals surface area contributed by atoms with Gasteiger partial charge in [-0.2, -0.15) is 0 Å². The highest BCUT2D eigenvalue weighted by Crippen LogP contribution is 1.91. The van der Waals surface area contributed by atoms with Gasteiger partial charge in [0.15, 0.2) is 22.4 Å². The summed E-state index contributed by atoms with van der Waals surface area (Å²) in [5.41, 5.74) is 9.83. The van der Waals surface area contributed by atoms with E-state index in [1.165, 1.54) is 6.92 Å². The van der Waals surface area contributed by atoms with Crippen LogP contribution in [0.25, 0.3) is 0 Å². The van der Waals surface area contributed by atoms with Crippen LogP contribution in [0.5, 0.6) is 0 Å². The quantitative estimate of drug-likeness (QED) is 0.263. The average Bonchev–Trinajstić information content (AvgIpc) is 1.63. The Bertz CT molecular complexity index is 142. The molecule has 5 nitrogen and oxygen atoms in total. The molecule has 0 aromatic heterocycles. The highest BCUT2D eigenvalue weighted by atomic mass is 32.2. The third-order valence-electron chi connectivity index (χ3n) is 0.623. The molecule has 2 unspecified atom stereocenters. The topological polar surface area (TPSA) is 102 Å². The fourth-order valence-electron chi connectivity index (χ4n) is 0.255.